The fraction of sp³-hybridized carbons (Fsp3) is 0.643. The second kappa shape index (κ2) is 5.85. The minimum atomic E-state index is -0.137. The summed E-state index contributed by atoms with van der Waals surface area (Å²) in [6.07, 6.45) is 3.10. The van der Waals surface area contributed by atoms with Crippen LogP contribution in [-0.2, 0) is 11.2 Å². The van der Waals surface area contributed by atoms with Gasteiger partial charge in [0.1, 0.15) is 0 Å². The molecule has 0 radical (unpaired) electrons. The third-order valence-electron chi connectivity index (χ3n) is 3.70. The fourth-order valence-electron chi connectivity index (χ4n) is 2.47. The van der Waals surface area contributed by atoms with Gasteiger partial charge in [0, 0.05) is 4.88 Å². The first-order valence-electron chi connectivity index (χ1n) is 6.61. The molecule has 0 bridgehead atoms. The Morgan fingerprint density at radius 1 is 1.61 bits per heavy atom. The van der Waals surface area contributed by atoms with Gasteiger partial charge in [0.25, 0.3) is 0 Å². The standard InChI is InChI=1S/C14H21NO2S/c1-9(2)12(8-16)15-14(17)11-4-3-5-13-10(11)6-7-18-13/h6-7,9,11-12,16H,3-5,8H2,1-2H3,(H,15,17). The number of aliphatic hydroxyl groups excluding tert-OH is 1. The lowest BCUT2D eigenvalue weighted by Crippen LogP contribution is -2.43. The number of carbonyl (C=O) groups excluding carboxylic acids is 1. The Kier molecular flexibility index (Phi) is 4.40. The van der Waals surface area contributed by atoms with E-state index in [1.54, 1.807) is 11.3 Å². The highest BCUT2D eigenvalue weighted by atomic mass is 32.1. The molecule has 1 aliphatic carbocycles. The van der Waals surface area contributed by atoms with Gasteiger partial charge in [0.05, 0.1) is 18.6 Å². The molecule has 0 saturated carbocycles. The maximum Gasteiger partial charge on any atom is 0.227 e. The zero-order chi connectivity index (χ0) is 13.1. The number of amides is 1. The number of nitrogens with one attached hydrogen (secondary N) is 1. The summed E-state index contributed by atoms with van der Waals surface area (Å²) < 4.78 is 0. The largest absolute Gasteiger partial charge is 0.394 e. The van der Waals surface area contributed by atoms with E-state index >= 15 is 0 Å². The van der Waals surface area contributed by atoms with Crippen LogP contribution in [0.25, 0.3) is 0 Å². The van der Waals surface area contributed by atoms with Crippen LogP contribution < -0.4 is 5.32 Å². The van der Waals surface area contributed by atoms with Crippen molar-refractivity contribution in [3.63, 3.8) is 0 Å². The van der Waals surface area contributed by atoms with Gasteiger partial charge in [-0.15, -0.1) is 11.3 Å². The Morgan fingerprint density at radius 2 is 2.39 bits per heavy atom. The Morgan fingerprint density at radius 3 is 3.06 bits per heavy atom. The predicted molar refractivity (Wildman–Crippen MR) is 73.9 cm³/mol. The predicted octanol–water partition coefficient (Wildman–Crippen LogP) is 2.30. The number of aryl methyl sites for hydroxylation is 1. The molecule has 1 aromatic rings. The van der Waals surface area contributed by atoms with Crippen molar-refractivity contribution >= 4 is 17.2 Å². The van der Waals surface area contributed by atoms with Gasteiger partial charge in [0.2, 0.25) is 5.91 Å². The SMILES string of the molecule is CC(C)C(CO)NC(=O)C1CCCc2sccc21. The molecule has 0 aliphatic heterocycles. The number of carbonyl (C=O) groups is 1. The van der Waals surface area contributed by atoms with Crippen molar-refractivity contribution in [2.45, 2.75) is 45.1 Å². The number of aliphatic hydroxyl groups is 1. The van der Waals surface area contributed by atoms with Gasteiger partial charge in [0.15, 0.2) is 0 Å². The zero-order valence-corrected chi connectivity index (χ0v) is 11.8. The molecule has 1 aliphatic rings. The number of rotatable bonds is 4. The van der Waals surface area contributed by atoms with Gasteiger partial charge in [-0.3, -0.25) is 4.79 Å². The maximum atomic E-state index is 12.3. The number of hydrogen-bond acceptors (Lipinski definition) is 3. The third kappa shape index (κ3) is 2.75. The smallest absolute Gasteiger partial charge is 0.227 e. The van der Waals surface area contributed by atoms with Crippen LogP contribution in [0, 0.1) is 5.92 Å². The van der Waals surface area contributed by atoms with E-state index in [1.165, 1.54) is 10.4 Å². The van der Waals surface area contributed by atoms with Gasteiger partial charge < -0.3 is 10.4 Å². The number of fused-ring (bicyclic) bond motifs is 1. The van der Waals surface area contributed by atoms with E-state index in [1.807, 2.05) is 13.8 Å². The highest BCUT2D eigenvalue weighted by molar-refractivity contribution is 7.10. The monoisotopic (exact) mass is 267 g/mol. The van der Waals surface area contributed by atoms with Crippen molar-refractivity contribution in [2.75, 3.05) is 6.61 Å². The quantitative estimate of drug-likeness (QED) is 0.879. The first-order chi connectivity index (χ1) is 8.63. The van der Waals surface area contributed by atoms with Gasteiger partial charge >= 0.3 is 0 Å². The van der Waals surface area contributed by atoms with Crippen molar-refractivity contribution in [3.8, 4) is 0 Å². The summed E-state index contributed by atoms with van der Waals surface area (Å²) in [6, 6.07) is 1.94. The molecule has 2 atom stereocenters. The number of thiophene rings is 1. The first-order valence-corrected chi connectivity index (χ1v) is 7.49. The van der Waals surface area contributed by atoms with E-state index in [2.05, 4.69) is 16.8 Å². The molecule has 18 heavy (non-hydrogen) atoms. The van der Waals surface area contributed by atoms with Gasteiger partial charge in [-0.05, 0) is 42.2 Å². The highest BCUT2D eigenvalue weighted by Gasteiger charge is 2.28. The Balaban J connectivity index is 2.07. The Labute approximate surface area is 112 Å². The molecule has 2 unspecified atom stereocenters. The van der Waals surface area contributed by atoms with Crippen molar-refractivity contribution in [1.82, 2.24) is 5.32 Å². The van der Waals surface area contributed by atoms with Crippen LogP contribution in [0.2, 0.25) is 0 Å². The molecule has 0 fully saturated rings. The molecule has 1 heterocycles. The van der Waals surface area contributed by atoms with Crippen LogP contribution in [0.5, 0.6) is 0 Å². The fourth-order valence-corrected chi connectivity index (χ4v) is 3.45. The molecular weight excluding hydrogens is 246 g/mol. The molecule has 100 valence electrons. The summed E-state index contributed by atoms with van der Waals surface area (Å²) in [7, 11) is 0. The highest BCUT2D eigenvalue weighted by Crippen LogP contribution is 2.35. The van der Waals surface area contributed by atoms with E-state index in [9.17, 15) is 9.90 Å². The number of hydrogen-bond donors (Lipinski definition) is 2. The topological polar surface area (TPSA) is 49.3 Å². The minimum Gasteiger partial charge on any atom is -0.394 e. The molecule has 0 aromatic carbocycles. The van der Waals surface area contributed by atoms with Crippen LogP contribution in [0.3, 0.4) is 0 Å². The van der Waals surface area contributed by atoms with Crippen LogP contribution in [0.4, 0.5) is 0 Å². The average Bonchev–Trinajstić information content (AvgIpc) is 2.82. The van der Waals surface area contributed by atoms with Gasteiger partial charge in [-0.2, -0.15) is 0 Å². The molecule has 3 nitrogen and oxygen atoms in total. The summed E-state index contributed by atoms with van der Waals surface area (Å²) in [5, 5.41) is 14.3. The van der Waals surface area contributed by atoms with E-state index in [0.29, 0.717) is 0 Å². The molecule has 0 spiro atoms. The van der Waals surface area contributed by atoms with E-state index in [-0.39, 0.29) is 30.4 Å². The average molecular weight is 267 g/mol. The Bertz CT molecular complexity index is 414. The van der Waals surface area contributed by atoms with Gasteiger partial charge in [-0.1, -0.05) is 13.8 Å². The lowest BCUT2D eigenvalue weighted by atomic mass is 9.86. The molecule has 2 rings (SSSR count). The van der Waals surface area contributed by atoms with Crippen LogP contribution in [-0.4, -0.2) is 23.7 Å². The third-order valence-corrected chi connectivity index (χ3v) is 4.69. The van der Waals surface area contributed by atoms with Crippen LogP contribution in [0.15, 0.2) is 11.4 Å². The summed E-state index contributed by atoms with van der Waals surface area (Å²) in [6.45, 7) is 4.03. The normalized spacial score (nSPS) is 20.6. The summed E-state index contributed by atoms with van der Waals surface area (Å²) in [4.78, 5) is 13.7. The van der Waals surface area contributed by atoms with E-state index in [0.717, 1.165) is 19.3 Å². The van der Waals surface area contributed by atoms with Crippen molar-refractivity contribution < 1.29 is 9.90 Å². The molecule has 4 heteroatoms. The molecular formula is C14H21NO2S. The lowest BCUT2D eigenvalue weighted by Gasteiger charge is -2.26. The maximum absolute atomic E-state index is 12.3. The molecule has 2 N–H and O–H groups in total. The van der Waals surface area contributed by atoms with Gasteiger partial charge in [-0.25, -0.2) is 0 Å². The Hall–Kier alpha value is -0.870. The lowest BCUT2D eigenvalue weighted by molar-refractivity contribution is -0.124. The molecule has 0 saturated heterocycles. The van der Waals surface area contributed by atoms with E-state index in [4.69, 9.17) is 0 Å². The zero-order valence-electron chi connectivity index (χ0n) is 11.0. The van der Waals surface area contributed by atoms with Crippen LogP contribution >= 0.6 is 11.3 Å². The summed E-state index contributed by atoms with van der Waals surface area (Å²) in [5.74, 6) is 0.305. The van der Waals surface area contributed by atoms with Crippen LogP contribution in [0.1, 0.15) is 43.0 Å². The van der Waals surface area contributed by atoms with Crippen molar-refractivity contribution in [1.29, 1.82) is 0 Å². The van der Waals surface area contributed by atoms with Crippen molar-refractivity contribution in [2.24, 2.45) is 5.92 Å². The second-order valence-electron chi connectivity index (χ2n) is 5.29. The van der Waals surface area contributed by atoms with E-state index < -0.39 is 0 Å². The first kappa shape index (κ1) is 13.6. The van der Waals surface area contributed by atoms with Crippen molar-refractivity contribution in [3.05, 3.63) is 21.9 Å². The molecule has 1 amide bonds. The summed E-state index contributed by atoms with van der Waals surface area (Å²) in [5.41, 5.74) is 1.20. The molecule has 1 aromatic heterocycles. The summed E-state index contributed by atoms with van der Waals surface area (Å²) >= 11 is 1.75. The second-order valence-corrected chi connectivity index (χ2v) is 6.29. The minimum absolute atomic E-state index is 0.00657.